The van der Waals surface area contributed by atoms with E-state index in [1.807, 2.05) is 25.3 Å². The summed E-state index contributed by atoms with van der Waals surface area (Å²) in [5, 5.41) is 24.5. The lowest BCUT2D eigenvalue weighted by Crippen LogP contribution is -1.99. The van der Waals surface area contributed by atoms with E-state index in [9.17, 15) is 10.2 Å². The highest BCUT2D eigenvalue weighted by Gasteiger charge is 2.09. The van der Waals surface area contributed by atoms with E-state index in [1.165, 1.54) is 23.5 Å². The van der Waals surface area contributed by atoms with Crippen molar-refractivity contribution in [1.29, 1.82) is 0 Å². The fraction of sp³-hybridized carbons (Fsp3) is 0.133. The zero-order valence-electron chi connectivity index (χ0n) is 12.0. The van der Waals surface area contributed by atoms with Crippen molar-refractivity contribution in [3.8, 4) is 22.8 Å². The van der Waals surface area contributed by atoms with Crippen molar-refractivity contribution in [3.05, 3.63) is 41.0 Å². The summed E-state index contributed by atoms with van der Waals surface area (Å²) in [6, 6.07) is 6.50. The molecule has 0 radical (unpaired) electrons. The second-order valence-electron chi connectivity index (χ2n) is 4.84. The maximum Gasteiger partial charge on any atom is 0.229 e. The molecular formula is C15H14N4O2S. The van der Waals surface area contributed by atoms with E-state index in [-0.39, 0.29) is 11.5 Å². The summed E-state index contributed by atoms with van der Waals surface area (Å²) < 4.78 is 0. The molecule has 0 saturated carbocycles. The fourth-order valence-corrected chi connectivity index (χ4v) is 2.74. The van der Waals surface area contributed by atoms with Crippen molar-refractivity contribution in [2.24, 2.45) is 0 Å². The number of rotatable bonds is 3. The number of phenols is 2. The van der Waals surface area contributed by atoms with E-state index in [1.54, 1.807) is 6.07 Å². The van der Waals surface area contributed by atoms with Crippen LogP contribution in [0, 0.1) is 13.8 Å². The molecule has 1 aromatic carbocycles. The molecule has 0 saturated heterocycles. The molecule has 0 spiro atoms. The van der Waals surface area contributed by atoms with Crippen LogP contribution in [0.1, 0.15) is 11.4 Å². The predicted molar refractivity (Wildman–Crippen MR) is 85.7 cm³/mol. The number of nitrogens with zero attached hydrogens (tertiary/aromatic N) is 3. The van der Waals surface area contributed by atoms with E-state index in [0.717, 1.165) is 17.0 Å². The molecule has 6 nitrogen and oxygen atoms in total. The van der Waals surface area contributed by atoms with E-state index in [4.69, 9.17) is 0 Å². The van der Waals surface area contributed by atoms with E-state index in [2.05, 4.69) is 20.3 Å². The van der Waals surface area contributed by atoms with Crippen molar-refractivity contribution >= 4 is 22.4 Å². The zero-order chi connectivity index (χ0) is 15.7. The number of aromatic hydroxyl groups is 2. The Morgan fingerprint density at radius 3 is 2.36 bits per heavy atom. The van der Waals surface area contributed by atoms with E-state index in [0.29, 0.717) is 16.8 Å². The van der Waals surface area contributed by atoms with Gasteiger partial charge in [-0.3, -0.25) is 0 Å². The van der Waals surface area contributed by atoms with Crippen LogP contribution in [0.5, 0.6) is 11.5 Å². The van der Waals surface area contributed by atoms with Crippen LogP contribution in [-0.2, 0) is 0 Å². The number of benzene rings is 1. The van der Waals surface area contributed by atoms with Gasteiger partial charge in [-0.25, -0.2) is 15.0 Å². The van der Waals surface area contributed by atoms with Gasteiger partial charge in [0.25, 0.3) is 0 Å². The number of hydrogen-bond donors (Lipinski definition) is 3. The summed E-state index contributed by atoms with van der Waals surface area (Å²) in [7, 11) is 0. The van der Waals surface area contributed by atoms with Crippen LogP contribution in [0.25, 0.3) is 11.3 Å². The summed E-state index contributed by atoms with van der Waals surface area (Å²) in [4.78, 5) is 13.1. The third-order valence-corrected chi connectivity index (χ3v) is 3.73. The molecular weight excluding hydrogens is 300 g/mol. The predicted octanol–water partition coefficient (Wildman–Crippen LogP) is 3.37. The number of aryl methyl sites for hydroxylation is 2. The minimum absolute atomic E-state index is 0.152. The molecule has 3 N–H and O–H groups in total. The van der Waals surface area contributed by atoms with Crippen LogP contribution in [-0.4, -0.2) is 25.2 Å². The smallest absolute Gasteiger partial charge is 0.229 e. The summed E-state index contributed by atoms with van der Waals surface area (Å²) in [6.07, 6.45) is 0. The molecule has 0 aliphatic rings. The van der Waals surface area contributed by atoms with Crippen molar-refractivity contribution in [2.75, 3.05) is 5.32 Å². The third-order valence-electron chi connectivity index (χ3n) is 2.98. The molecule has 22 heavy (non-hydrogen) atoms. The normalized spacial score (nSPS) is 10.6. The molecule has 0 aliphatic carbocycles. The Balaban J connectivity index is 1.85. The van der Waals surface area contributed by atoms with Crippen LogP contribution < -0.4 is 5.32 Å². The van der Waals surface area contributed by atoms with Crippen molar-refractivity contribution in [2.45, 2.75) is 13.8 Å². The Kier molecular flexibility index (Phi) is 3.64. The summed E-state index contributed by atoms with van der Waals surface area (Å²) in [5.41, 5.74) is 3.19. The number of anilines is 2. The lowest BCUT2D eigenvalue weighted by Gasteiger charge is -2.03. The maximum atomic E-state index is 9.55. The topological polar surface area (TPSA) is 91.2 Å². The van der Waals surface area contributed by atoms with Crippen LogP contribution in [0.4, 0.5) is 11.1 Å². The lowest BCUT2D eigenvalue weighted by atomic mass is 10.1. The molecule has 3 aromatic rings. The first kappa shape index (κ1) is 14.3. The average Bonchev–Trinajstić information content (AvgIpc) is 2.89. The number of hydrogen-bond acceptors (Lipinski definition) is 7. The first-order valence-electron chi connectivity index (χ1n) is 6.58. The van der Waals surface area contributed by atoms with Gasteiger partial charge in [-0.05, 0) is 38.1 Å². The van der Waals surface area contributed by atoms with E-state index >= 15 is 0 Å². The van der Waals surface area contributed by atoms with Crippen LogP contribution in [0.15, 0.2) is 29.6 Å². The quantitative estimate of drug-likeness (QED) is 0.642. The van der Waals surface area contributed by atoms with Gasteiger partial charge in [-0.1, -0.05) is 0 Å². The van der Waals surface area contributed by atoms with Crippen LogP contribution in [0.2, 0.25) is 0 Å². The molecule has 2 heterocycles. The molecule has 2 aromatic heterocycles. The Bertz CT molecular complexity index is 812. The lowest BCUT2D eigenvalue weighted by molar-refractivity contribution is 0.404. The van der Waals surface area contributed by atoms with Gasteiger partial charge < -0.3 is 15.5 Å². The van der Waals surface area contributed by atoms with Gasteiger partial charge in [-0.15, -0.1) is 11.3 Å². The second-order valence-corrected chi connectivity index (χ2v) is 5.70. The van der Waals surface area contributed by atoms with Crippen molar-refractivity contribution in [1.82, 2.24) is 15.0 Å². The maximum absolute atomic E-state index is 9.55. The minimum atomic E-state index is -0.169. The Morgan fingerprint density at radius 1 is 0.955 bits per heavy atom. The Hall–Kier alpha value is -2.67. The molecule has 7 heteroatoms. The van der Waals surface area contributed by atoms with Crippen LogP contribution in [0.3, 0.4) is 0 Å². The van der Waals surface area contributed by atoms with Crippen molar-refractivity contribution in [3.63, 3.8) is 0 Å². The molecule has 0 atom stereocenters. The van der Waals surface area contributed by atoms with Crippen LogP contribution >= 0.6 is 11.3 Å². The molecule has 0 bridgehead atoms. The number of thiazole rings is 1. The van der Waals surface area contributed by atoms with Gasteiger partial charge in [0, 0.05) is 22.3 Å². The minimum Gasteiger partial charge on any atom is -0.504 e. The summed E-state index contributed by atoms with van der Waals surface area (Å²) >= 11 is 1.41. The highest BCUT2D eigenvalue weighted by atomic mass is 32.1. The van der Waals surface area contributed by atoms with Gasteiger partial charge >= 0.3 is 0 Å². The highest BCUT2D eigenvalue weighted by Crippen LogP contribution is 2.32. The van der Waals surface area contributed by atoms with E-state index < -0.39 is 0 Å². The van der Waals surface area contributed by atoms with Gasteiger partial charge in [-0.2, -0.15) is 0 Å². The molecule has 0 unspecified atom stereocenters. The summed E-state index contributed by atoms with van der Waals surface area (Å²) in [6.45, 7) is 3.82. The molecule has 0 amide bonds. The highest BCUT2D eigenvalue weighted by molar-refractivity contribution is 7.14. The molecule has 0 fully saturated rings. The van der Waals surface area contributed by atoms with Crippen molar-refractivity contribution < 1.29 is 10.2 Å². The van der Waals surface area contributed by atoms with Gasteiger partial charge in [0.2, 0.25) is 5.95 Å². The molecule has 0 aliphatic heterocycles. The average molecular weight is 314 g/mol. The Morgan fingerprint density at radius 2 is 1.68 bits per heavy atom. The SMILES string of the molecule is Cc1cc(C)nc(Nc2nc(-c3ccc(O)c(O)c3)cs2)n1. The largest absolute Gasteiger partial charge is 0.504 e. The molecule has 112 valence electrons. The second kappa shape index (κ2) is 5.61. The number of nitrogens with one attached hydrogen (secondary N) is 1. The number of phenolic OH excluding ortho intramolecular Hbond substituents is 2. The monoisotopic (exact) mass is 314 g/mol. The zero-order valence-corrected chi connectivity index (χ0v) is 12.8. The van der Waals surface area contributed by atoms with Gasteiger partial charge in [0.05, 0.1) is 5.69 Å². The number of aromatic nitrogens is 3. The summed E-state index contributed by atoms with van der Waals surface area (Å²) in [5.74, 6) is 0.186. The first-order chi connectivity index (χ1) is 10.5. The van der Waals surface area contributed by atoms with Gasteiger partial charge in [0.15, 0.2) is 16.6 Å². The first-order valence-corrected chi connectivity index (χ1v) is 7.46. The fourth-order valence-electron chi connectivity index (χ4n) is 2.02. The van der Waals surface area contributed by atoms with Gasteiger partial charge in [0.1, 0.15) is 0 Å². The molecule has 3 rings (SSSR count). The third kappa shape index (κ3) is 2.99. The Labute approximate surface area is 131 Å². The standard InChI is InChI=1S/C15H14N4O2S/c1-8-5-9(2)17-14(16-8)19-15-18-11(7-22-15)10-3-4-12(20)13(21)6-10/h3-7,20-21H,1-2H3,(H,16,17,18,19).